The van der Waals surface area contributed by atoms with E-state index in [4.69, 9.17) is 5.73 Å². The monoisotopic (exact) mass is 149 g/mol. The highest BCUT2D eigenvalue weighted by molar-refractivity contribution is 7.80. The third-order valence-corrected chi connectivity index (χ3v) is 1.36. The van der Waals surface area contributed by atoms with Crippen molar-refractivity contribution in [3.05, 3.63) is 0 Å². The fourth-order valence-corrected chi connectivity index (χ4v) is 0.491. The van der Waals surface area contributed by atoms with Crippen LogP contribution in [0.5, 0.6) is 0 Å². The molecule has 4 heteroatoms. The van der Waals surface area contributed by atoms with E-state index < -0.39 is 0 Å². The predicted molar refractivity (Wildman–Crippen MR) is 38.5 cm³/mol. The molecule has 0 saturated heterocycles. The lowest BCUT2D eigenvalue weighted by Gasteiger charge is -2.04. The highest BCUT2D eigenvalue weighted by Crippen LogP contribution is 1.91. The van der Waals surface area contributed by atoms with E-state index >= 15 is 0 Å². The molecule has 2 N–H and O–H groups in total. The molecule has 3 nitrogen and oxygen atoms in total. The number of hydrogen-bond acceptors (Lipinski definition) is 4. The van der Waals surface area contributed by atoms with E-state index in [1.807, 2.05) is 0 Å². The van der Waals surface area contributed by atoms with Gasteiger partial charge >= 0.3 is 5.97 Å². The second-order valence-electron chi connectivity index (χ2n) is 1.72. The molecule has 0 spiro atoms. The Morgan fingerprint density at radius 3 is 2.78 bits per heavy atom. The van der Waals surface area contributed by atoms with Crippen LogP contribution in [0.2, 0.25) is 0 Å². The van der Waals surface area contributed by atoms with Crippen LogP contribution in [-0.2, 0) is 9.53 Å². The van der Waals surface area contributed by atoms with Gasteiger partial charge in [0.2, 0.25) is 0 Å². The molecule has 0 aliphatic carbocycles. The summed E-state index contributed by atoms with van der Waals surface area (Å²) in [6.07, 6.45) is 0.250. The molecule has 0 radical (unpaired) electrons. The second-order valence-corrected chi connectivity index (χ2v) is 2.09. The largest absolute Gasteiger partial charge is 0.469 e. The number of esters is 1. The maximum atomic E-state index is 10.4. The molecule has 0 aromatic rings. The standard InChI is InChI=1S/C5H11NO2S/c1-8-5(7)2-4(6)3-9/h4,9H,2-3,6H2,1H3/t4-/m0/s1. The van der Waals surface area contributed by atoms with E-state index in [1.54, 1.807) is 0 Å². The number of methoxy groups -OCH3 is 1. The molecule has 0 bridgehead atoms. The molecule has 0 amide bonds. The third-order valence-electron chi connectivity index (χ3n) is 0.891. The number of nitrogens with two attached hydrogens (primary N) is 1. The number of rotatable bonds is 3. The van der Waals surface area contributed by atoms with E-state index in [-0.39, 0.29) is 18.4 Å². The summed E-state index contributed by atoms with van der Waals surface area (Å²) in [5, 5.41) is 0. The van der Waals surface area contributed by atoms with Crippen LogP contribution in [0.25, 0.3) is 0 Å². The maximum Gasteiger partial charge on any atom is 0.307 e. The Bertz CT molecular complexity index is 97.0. The van der Waals surface area contributed by atoms with Gasteiger partial charge in [-0.2, -0.15) is 12.6 Å². The van der Waals surface area contributed by atoms with Gasteiger partial charge in [0.25, 0.3) is 0 Å². The zero-order chi connectivity index (χ0) is 7.28. The lowest BCUT2D eigenvalue weighted by Crippen LogP contribution is -2.25. The molecule has 0 aromatic carbocycles. The van der Waals surface area contributed by atoms with Gasteiger partial charge in [0.15, 0.2) is 0 Å². The molecule has 0 aliphatic heterocycles. The van der Waals surface area contributed by atoms with Gasteiger partial charge in [0, 0.05) is 11.8 Å². The Hall–Kier alpha value is -0.220. The van der Waals surface area contributed by atoms with Crippen LogP contribution in [0.15, 0.2) is 0 Å². The lowest BCUT2D eigenvalue weighted by atomic mass is 10.2. The van der Waals surface area contributed by atoms with Crippen LogP contribution in [0.1, 0.15) is 6.42 Å². The average molecular weight is 149 g/mol. The second kappa shape index (κ2) is 4.64. The van der Waals surface area contributed by atoms with Crippen LogP contribution in [0.4, 0.5) is 0 Å². The van der Waals surface area contributed by atoms with E-state index in [1.165, 1.54) is 7.11 Å². The minimum Gasteiger partial charge on any atom is -0.469 e. The number of carbonyl (C=O) groups excluding carboxylic acids is 1. The summed E-state index contributed by atoms with van der Waals surface area (Å²) in [7, 11) is 1.34. The summed E-state index contributed by atoms with van der Waals surface area (Å²) in [4.78, 5) is 10.4. The van der Waals surface area contributed by atoms with Crippen LogP contribution in [0, 0.1) is 0 Å². The van der Waals surface area contributed by atoms with Gasteiger partial charge in [-0.3, -0.25) is 4.79 Å². The molecular weight excluding hydrogens is 138 g/mol. The molecular formula is C5H11NO2S. The number of carbonyl (C=O) groups is 1. The third kappa shape index (κ3) is 4.29. The lowest BCUT2D eigenvalue weighted by molar-refractivity contribution is -0.140. The molecule has 54 valence electrons. The Labute approximate surface area is 60.0 Å². The van der Waals surface area contributed by atoms with Gasteiger partial charge in [-0.25, -0.2) is 0 Å². The first-order valence-electron chi connectivity index (χ1n) is 2.64. The van der Waals surface area contributed by atoms with Crippen molar-refractivity contribution in [3.8, 4) is 0 Å². The van der Waals surface area contributed by atoms with Crippen molar-refractivity contribution in [2.24, 2.45) is 5.73 Å². The molecule has 0 aromatic heterocycles. The van der Waals surface area contributed by atoms with E-state index in [2.05, 4.69) is 17.4 Å². The SMILES string of the molecule is COC(=O)C[C@H](N)CS. The topological polar surface area (TPSA) is 52.3 Å². The molecule has 0 aliphatic rings. The molecule has 0 saturated carbocycles. The zero-order valence-electron chi connectivity index (χ0n) is 5.33. The number of hydrogen-bond donors (Lipinski definition) is 2. The Morgan fingerprint density at radius 1 is 1.89 bits per heavy atom. The Kier molecular flexibility index (Phi) is 4.53. The minimum atomic E-state index is -0.281. The van der Waals surface area contributed by atoms with Gasteiger partial charge in [-0.05, 0) is 0 Å². The molecule has 0 heterocycles. The smallest absolute Gasteiger partial charge is 0.307 e. The average Bonchev–Trinajstić information content (AvgIpc) is 1.87. The van der Waals surface area contributed by atoms with Crippen molar-refractivity contribution in [3.63, 3.8) is 0 Å². The summed E-state index contributed by atoms with van der Waals surface area (Å²) in [6, 6.07) is -0.180. The summed E-state index contributed by atoms with van der Waals surface area (Å²) < 4.78 is 4.37. The van der Waals surface area contributed by atoms with Gasteiger partial charge < -0.3 is 10.5 Å². The highest BCUT2D eigenvalue weighted by Gasteiger charge is 2.06. The van der Waals surface area contributed by atoms with Gasteiger partial charge in [-0.1, -0.05) is 0 Å². The summed E-state index contributed by atoms with van der Waals surface area (Å²) in [6.45, 7) is 0. The predicted octanol–water partition coefficient (Wildman–Crippen LogP) is -0.193. The molecule has 0 fully saturated rings. The van der Waals surface area contributed by atoms with Crippen molar-refractivity contribution in [2.45, 2.75) is 12.5 Å². The number of ether oxygens (including phenoxy) is 1. The fourth-order valence-electron chi connectivity index (χ4n) is 0.362. The Morgan fingerprint density at radius 2 is 2.44 bits per heavy atom. The maximum absolute atomic E-state index is 10.4. The van der Waals surface area contributed by atoms with E-state index in [9.17, 15) is 4.79 Å². The first-order chi connectivity index (χ1) is 4.20. The van der Waals surface area contributed by atoms with Gasteiger partial charge in [0.05, 0.1) is 13.5 Å². The summed E-state index contributed by atoms with van der Waals surface area (Å²) in [5.74, 6) is 0.228. The normalized spacial score (nSPS) is 12.8. The molecule has 1 atom stereocenters. The fraction of sp³-hybridized carbons (Fsp3) is 0.800. The van der Waals surface area contributed by atoms with Crippen molar-refractivity contribution < 1.29 is 9.53 Å². The van der Waals surface area contributed by atoms with Crippen molar-refractivity contribution in [1.82, 2.24) is 0 Å². The first kappa shape index (κ1) is 8.78. The van der Waals surface area contributed by atoms with E-state index in [0.29, 0.717) is 5.75 Å². The minimum absolute atomic E-state index is 0.180. The number of thiol groups is 1. The molecule has 0 unspecified atom stereocenters. The van der Waals surface area contributed by atoms with E-state index in [0.717, 1.165) is 0 Å². The van der Waals surface area contributed by atoms with Crippen molar-refractivity contribution in [1.29, 1.82) is 0 Å². The van der Waals surface area contributed by atoms with Gasteiger partial charge in [-0.15, -0.1) is 0 Å². The van der Waals surface area contributed by atoms with Crippen molar-refractivity contribution >= 4 is 18.6 Å². The summed E-state index contributed by atoms with van der Waals surface area (Å²) >= 11 is 3.90. The zero-order valence-corrected chi connectivity index (χ0v) is 6.23. The van der Waals surface area contributed by atoms with Gasteiger partial charge in [0.1, 0.15) is 0 Å². The van der Waals surface area contributed by atoms with Crippen LogP contribution in [0.3, 0.4) is 0 Å². The van der Waals surface area contributed by atoms with Crippen LogP contribution >= 0.6 is 12.6 Å². The summed E-state index contributed by atoms with van der Waals surface area (Å²) in [5.41, 5.74) is 5.37. The quantitative estimate of drug-likeness (QED) is 0.432. The Balaban J connectivity index is 3.34. The molecule has 9 heavy (non-hydrogen) atoms. The van der Waals surface area contributed by atoms with Crippen molar-refractivity contribution in [2.75, 3.05) is 12.9 Å². The first-order valence-corrected chi connectivity index (χ1v) is 3.27. The molecule has 0 rings (SSSR count). The van der Waals surface area contributed by atoms with Crippen LogP contribution in [-0.4, -0.2) is 24.9 Å². The highest BCUT2D eigenvalue weighted by atomic mass is 32.1. The van der Waals surface area contributed by atoms with Crippen LogP contribution < -0.4 is 5.73 Å².